The molecular weight excluding hydrogens is 503 g/mol. The molecule has 0 bridgehead atoms. The van der Waals surface area contributed by atoms with E-state index in [1.165, 1.54) is 23.7 Å². The summed E-state index contributed by atoms with van der Waals surface area (Å²) in [7, 11) is 0. The lowest BCUT2D eigenvalue weighted by Gasteiger charge is -2.23. The number of halogens is 3. The van der Waals surface area contributed by atoms with Crippen LogP contribution in [0.15, 0.2) is 59.2 Å². The standard InChI is InChI=1S/C27H24F3N3O3S/c1-16-32-23(24(37-16)18-4-2-5-19(14-18)27(28,29)30)26(35)33(15-17-8-9-17)12-11-31-25(34)21-6-3-7-22-20(21)10-13-36-22/h2-7,10,13-14,17H,8-9,11-12,15H2,1H3,(H,31,34). The molecule has 5 rings (SSSR count). The quantitative estimate of drug-likeness (QED) is 0.298. The van der Waals surface area contributed by atoms with Crippen molar-refractivity contribution < 1.29 is 27.2 Å². The van der Waals surface area contributed by atoms with Crippen LogP contribution in [0.1, 0.15) is 44.3 Å². The number of rotatable bonds is 8. The average Bonchev–Trinajstić information content (AvgIpc) is 3.40. The number of benzene rings is 2. The van der Waals surface area contributed by atoms with Gasteiger partial charge >= 0.3 is 6.18 Å². The van der Waals surface area contributed by atoms with Crippen LogP contribution in [0.4, 0.5) is 13.2 Å². The molecule has 0 unspecified atom stereocenters. The molecule has 2 heterocycles. The molecule has 192 valence electrons. The highest BCUT2D eigenvalue weighted by molar-refractivity contribution is 7.15. The first-order valence-electron chi connectivity index (χ1n) is 11.9. The fourth-order valence-electron chi connectivity index (χ4n) is 4.23. The van der Waals surface area contributed by atoms with Gasteiger partial charge in [0.05, 0.1) is 27.3 Å². The molecule has 2 amide bonds. The van der Waals surface area contributed by atoms with E-state index in [0.29, 0.717) is 44.4 Å². The number of amides is 2. The van der Waals surface area contributed by atoms with Gasteiger partial charge in [-0.15, -0.1) is 11.3 Å². The van der Waals surface area contributed by atoms with Gasteiger partial charge in [-0.1, -0.05) is 18.2 Å². The third kappa shape index (κ3) is 5.53. The molecule has 1 saturated carbocycles. The van der Waals surface area contributed by atoms with Crippen molar-refractivity contribution in [2.75, 3.05) is 19.6 Å². The van der Waals surface area contributed by atoms with E-state index >= 15 is 0 Å². The molecule has 0 aliphatic heterocycles. The highest BCUT2D eigenvalue weighted by Gasteiger charge is 2.32. The van der Waals surface area contributed by atoms with Gasteiger partial charge in [0.25, 0.3) is 11.8 Å². The molecule has 2 aromatic heterocycles. The van der Waals surface area contributed by atoms with Crippen molar-refractivity contribution in [2.45, 2.75) is 25.9 Å². The van der Waals surface area contributed by atoms with Gasteiger partial charge in [0.15, 0.2) is 0 Å². The van der Waals surface area contributed by atoms with Crippen molar-refractivity contribution in [3.63, 3.8) is 0 Å². The topological polar surface area (TPSA) is 75.4 Å². The molecular formula is C27H24F3N3O3S. The maximum Gasteiger partial charge on any atom is 0.416 e. The molecule has 1 N–H and O–H groups in total. The molecule has 0 atom stereocenters. The number of carbonyl (C=O) groups is 2. The van der Waals surface area contributed by atoms with Crippen molar-refractivity contribution in [3.05, 3.63) is 76.6 Å². The summed E-state index contributed by atoms with van der Waals surface area (Å²) in [6.07, 6.45) is -0.948. The van der Waals surface area contributed by atoms with E-state index in [1.807, 2.05) is 0 Å². The van der Waals surface area contributed by atoms with Crippen LogP contribution in [0.2, 0.25) is 0 Å². The summed E-state index contributed by atoms with van der Waals surface area (Å²) in [5, 5.41) is 4.16. The zero-order valence-electron chi connectivity index (χ0n) is 20.0. The summed E-state index contributed by atoms with van der Waals surface area (Å²) in [6, 6.07) is 11.9. The zero-order valence-corrected chi connectivity index (χ0v) is 20.8. The molecule has 0 saturated heterocycles. The van der Waals surface area contributed by atoms with Gasteiger partial charge in [0.1, 0.15) is 11.3 Å². The predicted molar refractivity (Wildman–Crippen MR) is 134 cm³/mol. The van der Waals surface area contributed by atoms with E-state index in [-0.39, 0.29) is 30.6 Å². The Kier molecular flexibility index (Phi) is 6.76. The van der Waals surface area contributed by atoms with Gasteiger partial charge < -0.3 is 14.6 Å². The van der Waals surface area contributed by atoms with E-state index in [1.54, 1.807) is 42.2 Å². The number of alkyl halides is 3. The van der Waals surface area contributed by atoms with Crippen molar-refractivity contribution in [3.8, 4) is 10.4 Å². The van der Waals surface area contributed by atoms with Crippen LogP contribution in [0, 0.1) is 12.8 Å². The number of carbonyl (C=O) groups excluding carboxylic acids is 2. The van der Waals surface area contributed by atoms with E-state index in [0.717, 1.165) is 25.0 Å². The van der Waals surface area contributed by atoms with Gasteiger partial charge in [0, 0.05) is 25.0 Å². The monoisotopic (exact) mass is 527 g/mol. The van der Waals surface area contributed by atoms with Crippen molar-refractivity contribution in [2.24, 2.45) is 5.92 Å². The largest absolute Gasteiger partial charge is 0.464 e. The smallest absolute Gasteiger partial charge is 0.416 e. The van der Waals surface area contributed by atoms with Gasteiger partial charge in [-0.3, -0.25) is 9.59 Å². The second kappa shape index (κ2) is 10.0. The first-order valence-corrected chi connectivity index (χ1v) is 12.7. The van der Waals surface area contributed by atoms with Gasteiger partial charge in [0.2, 0.25) is 0 Å². The van der Waals surface area contributed by atoms with Crippen LogP contribution in [0.3, 0.4) is 0 Å². The Morgan fingerprint density at radius 1 is 1.16 bits per heavy atom. The Morgan fingerprint density at radius 2 is 1.95 bits per heavy atom. The number of nitrogens with zero attached hydrogens (tertiary/aromatic N) is 2. The van der Waals surface area contributed by atoms with E-state index < -0.39 is 11.7 Å². The number of nitrogens with one attached hydrogen (secondary N) is 1. The van der Waals surface area contributed by atoms with Crippen molar-refractivity contribution >= 4 is 34.1 Å². The maximum atomic E-state index is 13.6. The van der Waals surface area contributed by atoms with Gasteiger partial charge in [-0.05, 0) is 61.6 Å². The molecule has 37 heavy (non-hydrogen) atoms. The second-order valence-electron chi connectivity index (χ2n) is 9.08. The summed E-state index contributed by atoms with van der Waals surface area (Å²) in [5.41, 5.74) is 0.751. The zero-order chi connectivity index (χ0) is 26.2. The van der Waals surface area contributed by atoms with Crippen LogP contribution in [0.25, 0.3) is 21.4 Å². The number of hydrogen-bond donors (Lipinski definition) is 1. The number of aryl methyl sites for hydroxylation is 1. The minimum Gasteiger partial charge on any atom is -0.464 e. The van der Waals surface area contributed by atoms with Gasteiger partial charge in [-0.2, -0.15) is 13.2 Å². The van der Waals surface area contributed by atoms with E-state index in [2.05, 4.69) is 10.3 Å². The highest BCUT2D eigenvalue weighted by atomic mass is 32.1. The summed E-state index contributed by atoms with van der Waals surface area (Å²) in [4.78, 5) is 32.9. The second-order valence-corrected chi connectivity index (χ2v) is 10.3. The molecule has 1 aliphatic rings. The first kappa shape index (κ1) is 25.0. The van der Waals surface area contributed by atoms with E-state index in [4.69, 9.17) is 4.42 Å². The maximum absolute atomic E-state index is 13.6. The summed E-state index contributed by atoms with van der Waals surface area (Å²) >= 11 is 1.19. The van der Waals surface area contributed by atoms with Crippen LogP contribution in [-0.2, 0) is 6.18 Å². The van der Waals surface area contributed by atoms with Gasteiger partial charge in [-0.25, -0.2) is 4.98 Å². The first-order chi connectivity index (χ1) is 17.7. The number of aromatic nitrogens is 1. The lowest BCUT2D eigenvalue weighted by molar-refractivity contribution is -0.137. The fourth-order valence-corrected chi connectivity index (χ4v) is 5.14. The number of hydrogen-bond acceptors (Lipinski definition) is 5. The molecule has 0 spiro atoms. The minimum atomic E-state index is -4.49. The Bertz CT molecular complexity index is 1460. The summed E-state index contributed by atoms with van der Waals surface area (Å²) in [5.74, 6) is -0.258. The van der Waals surface area contributed by atoms with E-state index in [9.17, 15) is 22.8 Å². The Hall–Kier alpha value is -3.66. The third-order valence-electron chi connectivity index (χ3n) is 6.26. The van der Waals surface area contributed by atoms with Crippen molar-refractivity contribution in [1.82, 2.24) is 15.2 Å². The molecule has 6 nitrogen and oxygen atoms in total. The molecule has 0 radical (unpaired) electrons. The Labute approximate surface area is 215 Å². The van der Waals surface area contributed by atoms with Crippen LogP contribution >= 0.6 is 11.3 Å². The Balaban J connectivity index is 1.34. The minimum absolute atomic E-state index is 0.136. The molecule has 10 heteroatoms. The highest BCUT2D eigenvalue weighted by Crippen LogP contribution is 2.36. The number of fused-ring (bicyclic) bond motifs is 1. The van der Waals surface area contributed by atoms with Crippen LogP contribution in [-0.4, -0.2) is 41.3 Å². The number of furan rings is 1. The predicted octanol–water partition coefficient (Wildman–Crippen LogP) is 6.17. The average molecular weight is 528 g/mol. The number of thiazole rings is 1. The van der Waals surface area contributed by atoms with Crippen molar-refractivity contribution in [1.29, 1.82) is 0 Å². The molecule has 2 aromatic carbocycles. The lowest BCUT2D eigenvalue weighted by atomic mass is 10.1. The fraction of sp³-hybridized carbons (Fsp3) is 0.296. The van der Waals surface area contributed by atoms with Crippen LogP contribution in [0.5, 0.6) is 0 Å². The lowest BCUT2D eigenvalue weighted by Crippen LogP contribution is -2.40. The summed E-state index contributed by atoms with van der Waals surface area (Å²) in [6.45, 7) is 2.69. The Morgan fingerprint density at radius 3 is 2.70 bits per heavy atom. The SMILES string of the molecule is Cc1nc(C(=O)N(CCNC(=O)c2cccc3occc23)CC2CC2)c(-c2cccc(C(F)(F)F)c2)s1. The van der Waals surface area contributed by atoms with Crippen LogP contribution < -0.4 is 5.32 Å². The summed E-state index contributed by atoms with van der Waals surface area (Å²) < 4.78 is 45.2. The molecule has 1 aliphatic carbocycles. The normalized spacial score (nSPS) is 13.6. The molecule has 1 fully saturated rings. The third-order valence-corrected chi connectivity index (χ3v) is 7.28. The molecule has 4 aromatic rings.